The molecule has 0 radical (unpaired) electrons. The van der Waals surface area contributed by atoms with Gasteiger partial charge in [0.15, 0.2) is 0 Å². The van der Waals surface area contributed by atoms with E-state index in [9.17, 15) is 0 Å². The monoisotopic (exact) mass is 151 g/mol. The van der Waals surface area contributed by atoms with Gasteiger partial charge in [-0.15, -0.1) is 0 Å². The molecule has 11 heavy (non-hydrogen) atoms. The summed E-state index contributed by atoms with van der Waals surface area (Å²) in [4.78, 5) is 2.53. The van der Waals surface area contributed by atoms with Crippen molar-refractivity contribution in [3.63, 3.8) is 0 Å². The van der Waals surface area contributed by atoms with Gasteiger partial charge in [-0.25, -0.2) is 0 Å². The molecule has 2 aliphatic rings. The Labute approximate surface area is 70.4 Å². The molecule has 0 aromatic carbocycles. The van der Waals surface area contributed by atoms with Gasteiger partial charge in [-0.05, 0) is 31.8 Å². The van der Waals surface area contributed by atoms with Crippen molar-refractivity contribution in [3.05, 3.63) is 0 Å². The minimum absolute atomic E-state index is 0.783. The third kappa shape index (κ3) is 1.46. The molecule has 0 unspecified atom stereocenters. The van der Waals surface area contributed by atoms with Gasteiger partial charge in [0.25, 0.3) is 0 Å². The normalized spacial score (nSPS) is 30.6. The molecule has 0 saturated carbocycles. The summed E-state index contributed by atoms with van der Waals surface area (Å²) in [7, 11) is 3.78. The second-order valence-corrected chi connectivity index (χ2v) is 4.55. The number of hydrogen-bond acceptors (Lipinski definition) is 1. The van der Waals surface area contributed by atoms with Crippen molar-refractivity contribution in [2.24, 2.45) is 5.41 Å². The summed E-state index contributed by atoms with van der Waals surface area (Å²) in [6.45, 7) is 2.72. The highest BCUT2D eigenvalue weighted by molar-refractivity contribution is 6.40. The Morgan fingerprint density at radius 3 is 2.73 bits per heavy atom. The zero-order chi connectivity index (χ0) is 7.73. The van der Waals surface area contributed by atoms with Crippen LogP contribution in [0.2, 0.25) is 12.6 Å². The largest absolute Gasteiger partial charge is 0.306 e. The van der Waals surface area contributed by atoms with E-state index in [0.717, 1.165) is 5.41 Å². The van der Waals surface area contributed by atoms with E-state index in [1.807, 2.05) is 0 Å². The van der Waals surface area contributed by atoms with Crippen molar-refractivity contribution in [1.82, 2.24) is 4.90 Å². The van der Waals surface area contributed by atoms with Crippen LogP contribution in [-0.4, -0.2) is 32.3 Å². The molecule has 2 heterocycles. The number of likely N-dealkylation sites (tertiary alicyclic amines) is 1. The van der Waals surface area contributed by atoms with Crippen LogP contribution in [-0.2, 0) is 0 Å². The van der Waals surface area contributed by atoms with Crippen molar-refractivity contribution in [3.8, 4) is 0 Å². The van der Waals surface area contributed by atoms with Crippen LogP contribution >= 0.6 is 0 Å². The zero-order valence-corrected chi connectivity index (χ0v) is 7.60. The van der Waals surface area contributed by atoms with Crippen LogP contribution in [0.5, 0.6) is 0 Å². The molecule has 2 saturated heterocycles. The fourth-order valence-electron chi connectivity index (χ4n) is 2.70. The Balaban J connectivity index is 1.97. The van der Waals surface area contributed by atoms with E-state index < -0.39 is 0 Å². The van der Waals surface area contributed by atoms with E-state index >= 15 is 0 Å². The van der Waals surface area contributed by atoms with Gasteiger partial charge in [0.1, 0.15) is 7.28 Å². The molecule has 0 aromatic heterocycles. The molecule has 2 aliphatic heterocycles. The minimum Gasteiger partial charge on any atom is -0.306 e. The maximum atomic E-state index is 2.53. The summed E-state index contributed by atoms with van der Waals surface area (Å²) in [5.74, 6) is 0. The Bertz CT molecular complexity index is 142. The van der Waals surface area contributed by atoms with Crippen molar-refractivity contribution in [2.45, 2.75) is 31.9 Å². The first-order chi connectivity index (χ1) is 5.31. The quantitative estimate of drug-likeness (QED) is 0.472. The first-order valence-corrected chi connectivity index (χ1v) is 4.99. The lowest BCUT2D eigenvalue weighted by Crippen LogP contribution is -2.41. The average molecular weight is 151 g/mol. The Hall–Kier alpha value is 0.0249. The van der Waals surface area contributed by atoms with Gasteiger partial charge in [-0.1, -0.05) is 19.1 Å². The third-order valence-corrected chi connectivity index (χ3v) is 3.52. The topological polar surface area (TPSA) is 3.24 Å². The molecule has 0 amide bonds. The van der Waals surface area contributed by atoms with E-state index in [1.165, 1.54) is 52.3 Å². The summed E-state index contributed by atoms with van der Waals surface area (Å²) >= 11 is 0. The van der Waals surface area contributed by atoms with Crippen LogP contribution in [0.1, 0.15) is 19.3 Å². The molecule has 0 aliphatic carbocycles. The molecule has 0 aromatic rings. The van der Waals surface area contributed by atoms with Gasteiger partial charge in [0.05, 0.1) is 0 Å². The van der Waals surface area contributed by atoms with Crippen LogP contribution in [0.15, 0.2) is 0 Å². The van der Waals surface area contributed by atoms with Crippen molar-refractivity contribution in [2.75, 3.05) is 20.1 Å². The van der Waals surface area contributed by atoms with Gasteiger partial charge < -0.3 is 4.90 Å². The molecule has 0 N–H and O–H groups in total. The lowest BCUT2D eigenvalue weighted by atomic mass is 9.41. The third-order valence-electron chi connectivity index (χ3n) is 3.52. The highest BCUT2D eigenvalue weighted by Crippen LogP contribution is 2.43. The molecule has 0 atom stereocenters. The molecule has 2 fully saturated rings. The van der Waals surface area contributed by atoms with Gasteiger partial charge in [-0.2, -0.15) is 0 Å². The van der Waals surface area contributed by atoms with Crippen molar-refractivity contribution in [1.29, 1.82) is 0 Å². The average Bonchev–Trinajstić information content (AvgIpc) is 2.09. The minimum atomic E-state index is 0.783. The zero-order valence-electron chi connectivity index (χ0n) is 7.60. The second-order valence-electron chi connectivity index (χ2n) is 4.55. The molecule has 1 nitrogen and oxygen atoms in total. The predicted octanol–water partition coefficient (Wildman–Crippen LogP) is 1.38. The van der Waals surface area contributed by atoms with Crippen molar-refractivity contribution >= 4 is 7.28 Å². The van der Waals surface area contributed by atoms with E-state index in [-0.39, 0.29) is 0 Å². The lowest BCUT2D eigenvalue weighted by molar-refractivity contribution is 0.209. The molecule has 0 bridgehead atoms. The molecule has 2 rings (SSSR count). The molecule has 62 valence electrons. The van der Waals surface area contributed by atoms with E-state index in [1.54, 1.807) is 0 Å². The summed E-state index contributed by atoms with van der Waals surface area (Å²) in [6, 6.07) is 0. The van der Waals surface area contributed by atoms with Crippen LogP contribution in [0.25, 0.3) is 0 Å². The van der Waals surface area contributed by atoms with Crippen LogP contribution < -0.4 is 0 Å². The van der Waals surface area contributed by atoms with Gasteiger partial charge in [-0.3, -0.25) is 0 Å². The van der Waals surface area contributed by atoms with E-state index in [2.05, 4.69) is 11.9 Å². The Morgan fingerprint density at radius 2 is 2.09 bits per heavy atom. The summed E-state index contributed by atoms with van der Waals surface area (Å²) in [6.07, 6.45) is 7.44. The van der Waals surface area contributed by atoms with Gasteiger partial charge in [0.2, 0.25) is 0 Å². The number of nitrogens with zero attached hydrogens (tertiary/aromatic N) is 1. The van der Waals surface area contributed by atoms with E-state index in [4.69, 9.17) is 0 Å². The van der Waals surface area contributed by atoms with Crippen molar-refractivity contribution < 1.29 is 0 Å². The molecule has 1 spiro atoms. The van der Waals surface area contributed by atoms with Gasteiger partial charge in [0, 0.05) is 6.54 Å². The Morgan fingerprint density at radius 1 is 1.27 bits per heavy atom. The van der Waals surface area contributed by atoms with Crippen LogP contribution in [0.4, 0.5) is 0 Å². The fraction of sp³-hybridized carbons (Fsp3) is 1.00. The van der Waals surface area contributed by atoms with Crippen LogP contribution in [0, 0.1) is 5.41 Å². The maximum Gasteiger partial charge on any atom is 0.121 e. The number of rotatable bonds is 0. The summed E-state index contributed by atoms with van der Waals surface area (Å²) in [5, 5.41) is 0. The first kappa shape index (κ1) is 7.66. The smallest absolute Gasteiger partial charge is 0.121 e. The summed E-state index contributed by atoms with van der Waals surface area (Å²) < 4.78 is 0. The first-order valence-electron chi connectivity index (χ1n) is 4.99. The molecule has 2 heteroatoms. The number of hydrogen-bond donors (Lipinski definition) is 0. The molecular weight excluding hydrogens is 133 g/mol. The standard InChI is InChI=1S/C9H18BN/c1-11-5-3-2-4-9(8-11)6-10-7-9/h10H,2-8H2,1H3. The maximum absolute atomic E-state index is 2.53. The van der Waals surface area contributed by atoms with Crippen LogP contribution in [0.3, 0.4) is 0 Å². The lowest BCUT2D eigenvalue weighted by Gasteiger charge is -2.42. The second kappa shape index (κ2) is 2.82. The van der Waals surface area contributed by atoms with E-state index in [0.29, 0.717) is 0 Å². The predicted molar refractivity (Wildman–Crippen MR) is 50.5 cm³/mol. The SMILES string of the molecule is CN1CCCCC2(CBC2)C1. The summed E-state index contributed by atoms with van der Waals surface area (Å²) in [5.41, 5.74) is 0.783. The fourth-order valence-corrected chi connectivity index (χ4v) is 2.70. The highest BCUT2D eigenvalue weighted by atomic mass is 15.1. The molecular formula is C9H18BN. The highest BCUT2D eigenvalue weighted by Gasteiger charge is 2.38. The Kier molecular flexibility index (Phi) is 1.96. The van der Waals surface area contributed by atoms with Gasteiger partial charge >= 0.3 is 0 Å².